The molecular formula is C16H23N2O8+. The summed E-state index contributed by atoms with van der Waals surface area (Å²) in [4.78, 5) is 33.1. The number of aliphatic hydroxyl groups excluding tert-OH is 2. The van der Waals surface area contributed by atoms with Crippen LogP contribution in [-0.4, -0.2) is 81.5 Å². The highest BCUT2D eigenvalue weighted by Crippen LogP contribution is 2.22. The third-order valence-electron chi connectivity index (χ3n) is 4.23. The lowest BCUT2D eigenvalue weighted by atomic mass is 10.0. The topological polar surface area (TPSA) is 159 Å². The van der Waals surface area contributed by atoms with E-state index in [1.807, 2.05) is 0 Å². The van der Waals surface area contributed by atoms with Crippen molar-refractivity contribution >= 4 is 24.1 Å². The lowest BCUT2D eigenvalue weighted by molar-refractivity contribution is -0.470. The first-order valence-electron chi connectivity index (χ1n) is 8.23. The van der Waals surface area contributed by atoms with Crippen LogP contribution in [0.5, 0.6) is 0 Å². The van der Waals surface area contributed by atoms with Gasteiger partial charge in [0.15, 0.2) is 19.0 Å². The number of esters is 1. The molecule has 1 amide bonds. The van der Waals surface area contributed by atoms with E-state index in [0.29, 0.717) is 6.42 Å². The maximum Gasteiger partial charge on any atom is 0.306 e. The van der Waals surface area contributed by atoms with Crippen LogP contribution in [0.1, 0.15) is 19.3 Å². The molecule has 2 rings (SSSR count). The Hall–Kier alpha value is -2.30. The van der Waals surface area contributed by atoms with E-state index < -0.39 is 48.2 Å². The Morgan fingerprint density at radius 3 is 2.54 bits per heavy atom. The minimum atomic E-state index is -1.26. The third-order valence-corrected chi connectivity index (χ3v) is 4.23. The van der Waals surface area contributed by atoms with Crippen molar-refractivity contribution in [3.05, 3.63) is 12.3 Å². The molecule has 5 N–H and O–H groups in total. The number of aliphatic hydroxyl groups is 2. The van der Waals surface area contributed by atoms with Crippen LogP contribution in [0, 0.1) is 5.92 Å². The van der Waals surface area contributed by atoms with E-state index in [1.54, 1.807) is 23.1 Å². The zero-order valence-corrected chi connectivity index (χ0v) is 14.1. The molecule has 0 aromatic rings. The van der Waals surface area contributed by atoms with Crippen LogP contribution in [0.3, 0.4) is 0 Å². The highest BCUT2D eigenvalue weighted by atomic mass is 16.6. The van der Waals surface area contributed by atoms with Crippen molar-refractivity contribution in [2.24, 2.45) is 11.7 Å². The smallest absolute Gasteiger partial charge is 0.306 e. The molecule has 0 spiro atoms. The van der Waals surface area contributed by atoms with Gasteiger partial charge in [0.1, 0.15) is 36.9 Å². The molecule has 2 aliphatic rings. The van der Waals surface area contributed by atoms with Crippen molar-refractivity contribution in [3.63, 3.8) is 0 Å². The largest absolute Gasteiger partial charge is 0.481 e. The zero-order chi connectivity index (χ0) is 19.3. The van der Waals surface area contributed by atoms with Crippen LogP contribution in [0.4, 0.5) is 0 Å². The van der Waals surface area contributed by atoms with Crippen molar-refractivity contribution in [2.75, 3.05) is 13.2 Å². The van der Waals surface area contributed by atoms with Crippen LogP contribution in [0.15, 0.2) is 12.3 Å². The maximum absolute atomic E-state index is 11.4. The number of rotatable bonds is 8. The van der Waals surface area contributed by atoms with Crippen molar-refractivity contribution in [1.29, 1.82) is 0 Å². The van der Waals surface area contributed by atoms with E-state index in [2.05, 4.69) is 0 Å². The predicted octanol–water partition coefficient (Wildman–Crippen LogP) is -2.01. The van der Waals surface area contributed by atoms with Crippen molar-refractivity contribution in [3.8, 4) is 0 Å². The number of amides is 1. The van der Waals surface area contributed by atoms with E-state index in [0.717, 1.165) is 0 Å². The van der Waals surface area contributed by atoms with E-state index in [-0.39, 0.29) is 26.0 Å². The van der Waals surface area contributed by atoms with Crippen molar-refractivity contribution in [2.45, 2.75) is 43.7 Å². The summed E-state index contributed by atoms with van der Waals surface area (Å²) in [5, 5.41) is 28.7. The lowest BCUT2D eigenvalue weighted by Gasteiger charge is -2.14. The molecule has 0 aliphatic carbocycles. The van der Waals surface area contributed by atoms with Crippen LogP contribution in [0.2, 0.25) is 0 Å². The number of primary amides is 1. The second-order valence-electron chi connectivity index (χ2n) is 6.25. The summed E-state index contributed by atoms with van der Waals surface area (Å²) in [7, 11) is 0. The van der Waals surface area contributed by atoms with Gasteiger partial charge in [-0.3, -0.25) is 14.4 Å². The molecule has 5 atom stereocenters. The summed E-state index contributed by atoms with van der Waals surface area (Å²) in [5.41, 5.74) is 5.28. The van der Waals surface area contributed by atoms with Crippen LogP contribution < -0.4 is 5.73 Å². The molecule has 0 saturated carbocycles. The molecule has 0 radical (unpaired) electrons. The molecule has 0 aromatic carbocycles. The highest BCUT2D eigenvalue weighted by Gasteiger charge is 2.45. The Bertz CT molecular complexity index is 617. The second kappa shape index (κ2) is 8.88. The molecule has 0 aromatic heterocycles. The fourth-order valence-electron chi connectivity index (χ4n) is 2.77. The quantitative estimate of drug-likeness (QED) is 0.281. The Morgan fingerprint density at radius 2 is 1.88 bits per heavy atom. The van der Waals surface area contributed by atoms with Crippen LogP contribution in [0.25, 0.3) is 0 Å². The van der Waals surface area contributed by atoms with Gasteiger partial charge < -0.3 is 30.5 Å². The van der Waals surface area contributed by atoms with Crippen LogP contribution >= 0.6 is 0 Å². The number of allylic oxidation sites excluding steroid dienone is 1. The monoisotopic (exact) mass is 371 g/mol. The zero-order valence-electron chi connectivity index (χ0n) is 14.1. The SMILES string of the molecule is NC(=O)C1C=[N+](C[C@@H]2O[C@H](COC(=O)CCC(=O)O)[C@@H](O)[C@H]2O)C=CC1. The number of carbonyl (C=O) groups is 3. The first kappa shape index (κ1) is 20.0. The number of ether oxygens (including phenoxy) is 2. The normalized spacial score (nSPS) is 30.7. The molecular weight excluding hydrogens is 348 g/mol. The second-order valence-corrected chi connectivity index (χ2v) is 6.25. The Morgan fingerprint density at radius 1 is 1.19 bits per heavy atom. The van der Waals surface area contributed by atoms with E-state index >= 15 is 0 Å². The Labute approximate surface area is 149 Å². The summed E-state index contributed by atoms with van der Waals surface area (Å²) in [6, 6.07) is 0. The number of nitrogens with zero attached hydrogens (tertiary/aromatic N) is 1. The molecule has 1 unspecified atom stereocenters. The van der Waals surface area contributed by atoms with E-state index in [9.17, 15) is 24.6 Å². The average Bonchev–Trinajstić information content (AvgIpc) is 2.86. The fraction of sp³-hybridized carbons (Fsp3) is 0.625. The van der Waals surface area contributed by atoms with Gasteiger partial charge >= 0.3 is 11.9 Å². The highest BCUT2D eigenvalue weighted by molar-refractivity contribution is 5.91. The standard InChI is InChI=1S/C16H22N2O8/c17-16(24)9-2-1-5-18(6-9)7-10-14(22)15(23)11(26-10)8-25-13(21)4-3-12(19)20/h1,5-6,9-11,14-15,22-23H,2-4,7-8H2,(H2-,17,19,20,24)/p+1/t9?,10-,11+,14-,15+/m0/s1. The number of hydrogen-bond donors (Lipinski definition) is 4. The van der Waals surface area contributed by atoms with Crippen molar-refractivity contribution in [1.82, 2.24) is 0 Å². The minimum Gasteiger partial charge on any atom is -0.481 e. The Balaban J connectivity index is 1.87. The molecule has 2 aliphatic heterocycles. The first-order valence-corrected chi connectivity index (χ1v) is 8.23. The number of carboxylic acid groups (broad SMARTS) is 1. The molecule has 10 heteroatoms. The van der Waals surface area contributed by atoms with Gasteiger partial charge in [-0.05, 0) is 12.5 Å². The molecule has 144 valence electrons. The lowest BCUT2D eigenvalue weighted by Crippen LogP contribution is -2.38. The van der Waals surface area contributed by atoms with Gasteiger partial charge in [-0.1, -0.05) is 0 Å². The summed E-state index contributed by atoms with van der Waals surface area (Å²) >= 11 is 0. The predicted molar refractivity (Wildman–Crippen MR) is 86.1 cm³/mol. The Kier molecular flexibility index (Phi) is 6.83. The molecule has 2 heterocycles. The number of carbonyl (C=O) groups excluding carboxylic acids is 2. The summed E-state index contributed by atoms with van der Waals surface area (Å²) in [5.74, 6) is -2.75. The van der Waals surface area contributed by atoms with E-state index in [4.69, 9.17) is 20.3 Å². The minimum absolute atomic E-state index is 0.183. The number of aliphatic carboxylic acids is 1. The van der Waals surface area contributed by atoms with Crippen LogP contribution in [-0.2, 0) is 23.9 Å². The third kappa shape index (κ3) is 5.35. The molecule has 10 nitrogen and oxygen atoms in total. The van der Waals surface area contributed by atoms with Gasteiger partial charge in [0.2, 0.25) is 5.91 Å². The van der Waals surface area contributed by atoms with Gasteiger partial charge in [-0.2, -0.15) is 0 Å². The summed E-state index contributed by atoms with van der Waals surface area (Å²) in [6.45, 7) is -0.112. The summed E-state index contributed by atoms with van der Waals surface area (Å²) in [6.07, 6.45) is 0.839. The summed E-state index contributed by atoms with van der Waals surface area (Å²) < 4.78 is 12.1. The van der Waals surface area contributed by atoms with Gasteiger partial charge in [-0.25, -0.2) is 4.58 Å². The first-order chi connectivity index (χ1) is 12.3. The van der Waals surface area contributed by atoms with Crippen molar-refractivity contribution < 1.29 is 43.8 Å². The van der Waals surface area contributed by atoms with Gasteiger partial charge in [-0.15, -0.1) is 0 Å². The van der Waals surface area contributed by atoms with Gasteiger partial charge in [0.25, 0.3) is 0 Å². The maximum atomic E-state index is 11.4. The van der Waals surface area contributed by atoms with Gasteiger partial charge in [0.05, 0.1) is 12.8 Å². The van der Waals surface area contributed by atoms with E-state index in [1.165, 1.54) is 0 Å². The molecule has 26 heavy (non-hydrogen) atoms. The molecule has 0 bridgehead atoms. The molecule has 1 saturated heterocycles. The number of hydrogen-bond acceptors (Lipinski definition) is 7. The number of carboxylic acids is 1. The average molecular weight is 371 g/mol. The number of nitrogens with two attached hydrogens (primary N) is 1. The fourth-order valence-corrected chi connectivity index (χ4v) is 2.77. The van der Waals surface area contributed by atoms with Gasteiger partial charge in [0, 0.05) is 0 Å². The molecule has 1 fully saturated rings.